The van der Waals surface area contributed by atoms with E-state index in [9.17, 15) is 9.59 Å². The van der Waals surface area contributed by atoms with Crippen molar-refractivity contribution in [3.63, 3.8) is 0 Å². The van der Waals surface area contributed by atoms with E-state index in [1.165, 1.54) is 21.4 Å². The molecule has 0 radical (unpaired) electrons. The molecule has 0 aliphatic carbocycles. The highest BCUT2D eigenvalue weighted by molar-refractivity contribution is 6.31. The molecule has 0 atom stereocenters. The van der Waals surface area contributed by atoms with Crippen LogP contribution in [0.5, 0.6) is 5.75 Å². The second-order valence-electron chi connectivity index (χ2n) is 8.32. The predicted octanol–water partition coefficient (Wildman–Crippen LogP) is 2.90. The molecule has 3 heterocycles. The van der Waals surface area contributed by atoms with Crippen LogP contribution in [-0.2, 0) is 23.2 Å². The van der Waals surface area contributed by atoms with E-state index in [0.29, 0.717) is 29.5 Å². The first kappa shape index (κ1) is 20.8. The number of nitrogens with zero attached hydrogens (tertiary/aromatic N) is 4. The average molecular weight is 453 g/mol. The first-order valence-electron chi connectivity index (χ1n) is 10.8. The molecule has 2 amide bonds. The van der Waals surface area contributed by atoms with Crippen LogP contribution >= 0.6 is 11.6 Å². The van der Waals surface area contributed by atoms with Gasteiger partial charge in [-0.25, -0.2) is 0 Å². The van der Waals surface area contributed by atoms with Crippen molar-refractivity contribution in [1.82, 2.24) is 14.4 Å². The highest BCUT2D eigenvalue weighted by atomic mass is 35.5. The second-order valence-corrected chi connectivity index (χ2v) is 8.76. The predicted molar refractivity (Wildman–Crippen MR) is 124 cm³/mol. The lowest BCUT2D eigenvalue weighted by Gasteiger charge is -2.36. The number of ether oxygens (including phenoxy) is 1. The lowest BCUT2D eigenvalue weighted by Crippen LogP contribution is -2.52. The van der Waals surface area contributed by atoms with Gasteiger partial charge < -0.3 is 14.2 Å². The first-order chi connectivity index (χ1) is 15.5. The van der Waals surface area contributed by atoms with Crippen LogP contribution in [0.15, 0.2) is 48.7 Å². The van der Waals surface area contributed by atoms with Crippen molar-refractivity contribution >= 4 is 40.0 Å². The number of benzene rings is 2. The first-order valence-corrected chi connectivity index (χ1v) is 11.1. The summed E-state index contributed by atoms with van der Waals surface area (Å²) in [7, 11) is 2.07. The van der Waals surface area contributed by atoms with Crippen molar-refractivity contribution < 1.29 is 14.3 Å². The fourth-order valence-electron chi connectivity index (χ4n) is 4.53. The molecule has 3 aromatic rings. The van der Waals surface area contributed by atoms with Gasteiger partial charge in [0.1, 0.15) is 12.3 Å². The highest BCUT2D eigenvalue weighted by Gasteiger charge is 2.30. The number of halogens is 1. The van der Waals surface area contributed by atoms with Gasteiger partial charge in [-0.1, -0.05) is 29.8 Å². The summed E-state index contributed by atoms with van der Waals surface area (Å²) in [5.74, 6) is 0.278. The van der Waals surface area contributed by atoms with Gasteiger partial charge in [-0.15, -0.1) is 0 Å². The van der Waals surface area contributed by atoms with Gasteiger partial charge in [-0.05, 0) is 29.8 Å². The van der Waals surface area contributed by atoms with Crippen molar-refractivity contribution in [2.45, 2.75) is 6.54 Å². The summed E-state index contributed by atoms with van der Waals surface area (Å²) in [6, 6.07) is 13.5. The molecular weight excluding hydrogens is 428 g/mol. The zero-order chi connectivity index (χ0) is 22.2. The number of carbonyl (C=O) groups is 2. The number of piperazine rings is 1. The maximum atomic E-state index is 13.0. The van der Waals surface area contributed by atoms with Crippen molar-refractivity contribution in [3.8, 4) is 5.75 Å². The smallest absolute Gasteiger partial charge is 0.265 e. The molecule has 32 heavy (non-hydrogen) atoms. The van der Waals surface area contributed by atoms with Crippen LogP contribution in [0.2, 0.25) is 5.02 Å². The molecule has 166 valence electrons. The third-order valence-corrected chi connectivity index (χ3v) is 6.49. The lowest BCUT2D eigenvalue weighted by atomic mass is 10.1. The van der Waals surface area contributed by atoms with Crippen molar-refractivity contribution in [3.05, 3.63) is 59.2 Å². The molecule has 5 rings (SSSR count). The van der Waals surface area contributed by atoms with Crippen LogP contribution in [0.25, 0.3) is 10.9 Å². The molecule has 7 nitrogen and oxygen atoms in total. The molecule has 0 bridgehead atoms. The molecule has 1 saturated heterocycles. The minimum absolute atomic E-state index is 0.00113. The monoisotopic (exact) mass is 452 g/mol. The summed E-state index contributed by atoms with van der Waals surface area (Å²) >= 11 is 6.10. The van der Waals surface area contributed by atoms with Crippen LogP contribution in [0, 0.1) is 0 Å². The zero-order valence-electron chi connectivity index (χ0n) is 18.0. The molecular formula is C24H25ClN4O3. The van der Waals surface area contributed by atoms with Gasteiger partial charge in [0.05, 0.1) is 5.69 Å². The number of aryl methyl sites for hydroxylation is 1. The Labute approximate surface area is 191 Å². The molecule has 0 spiro atoms. The van der Waals surface area contributed by atoms with Crippen LogP contribution < -0.4 is 9.64 Å². The normalized spacial score (nSPS) is 16.9. The molecule has 1 aromatic heterocycles. The number of fused-ring (bicyclic) bond motifs is 2. The van der Waals surface area contributed by atoms with Crippen LogP contribution in [-0.4, -0.2) is 65.5 Å². The van der Waals surface area contributed by atoms with Gasteiger partial charge in [-0.3, -0.25) is 19.4 Å². The number of amides is 2. The van der Waals surface area contributed by atoms with Crippen molar-refractivity contribution in [2.75, 3.05) is 44.2 Å². The Morgan fingerprint density at radius 1 is 1.09 bits per heavy atom. The summed E-state index contributed by atoms with van der Waals surface area (Å²) in [6.07, 6.45) is 2.19. The van der Waals surface area contributed by atoms with E-state index in [2.05, 4.69) is 47.0 Å². The van der Waals surface area contributed by atoms with Crippen LogP contribution in [0.1, 0.15) is 5.56 Å². The number of para-hydroxylation sites is 1. The van der Waals surface area contributed by atoms with E-state index in [1.54, 1.807) is 18.2 Å². The zero-order valence-corrected chi connectivity index (χ0v) is 18.7. The number of aromatic nitrogens is 1. The molecule has 2 aromatic carbocycles. The van der Waals surface area contributed by atoms with E-state index >= 15 is 0 Å². The molecule has 1 fully saturated rings. The standard InChI is InChI=1S/C24H25ClN4O3/c1-26-13-17(19-4-2-3-5-20(19)26)14-27-8-10-28(11-9-27)23(30)15-29-21-12-18(25)6-7-22(21)32-16-24(29)31/h2-7,12-13H,8-11,14-16H2,1H3. The number of hydrogen-bond donors (Lipinski definition) is 0. The SMILES string of the molecule is Cn1cc(CN2CCN(C(=O)CN3C(=O)COc4ccc(Cl)cc43)CC2)c2ccccc21. The Balaban J connectivity index is 1.22. The molecule has 0 saturated carbocycles. The van der Waals surface area contributed by atoms with E-state index in [4.69, 9.17) is 16.3 Å². The quantitative estimate of drug-likeness (QED) is 0.610. The van der Waals surface area contributed by atoms with Crippen LogP contribution in [0.3, 0.4) is 0 Å². The van der Waals surface area contributed by atoms with Crippen molar-refractivity contribution in [2.24, 2.45) is 7.05 Å². The maximum absolute atomic E-state index is 13.0. The maximum Gasteiger partial charge on any atom is 0.265 e. The Bertz CT molecular complexity index is 1180. The summed E-state index contributed by atoms with van der Waals surface area (Å²) in [5, 5.41) is 1.78. The van der Waals surface area contributed by atoms with E-state index in [1.807, 2.05) is 4.90 Å². The largest absolute Gasteiger partial charge is 0.482 e. The number of hydrogen-bond acceptors (Lipinski definition) is 4. The van der Waals surface area contributed by atoms with Crippen molar-refractivity contribution in [1.29, 1.82) is 0 Å². The Kier molecular flexibility index (Phi) is 5.53. The highest BCUT2D eigenvalue weighted by Crippen LogP contribution is 2.34. The van der Waals surface area contributed by atoms with E-state index < -0.39 is 0 Å². The number of anilines is 1. The Morgan fingerprint density at radius 2 is 1.88 bits per heavy atom. The van der Waals surface area contributed by atoms with Gasteiger partial charge in [0.15, 0.2) is 6.61 Å². The number of rotatable bonds is 4. The number of carbonyl (C=O) groups excluding carboxylic acids is 2. The molecule has 8 heteroatoms. The molecule has 0 N–H and O–H groups in total. The van der Waals surface area contributed by atoms with Gasteiger partial charge in [-0.2, -0.15) is 0 Å². The summed E-state index contributed by atoms with van der Waals surface area (Å²) < 4.78 is 7.63. The second kappa shape index (κ2) is 8.48. The molecule has 2 aliphatic heterocycles. The topological polar surface area (TPSA) is 58.0 Å². The third kappa shape index (κ3) is 3.94. The van der Waals surface area contributed by atoms with Crippen LogP contribution in [0.4, 0.5) is 5.69 Å². The van der Waals surface area contributed by atoms with Gasteiger partial charge in [0.25, 0.3) is 5.91 Å². The van der Waals surface area contributed by atoms with Gasteiger partial charge >= 0.3 is 0 Å². The average Bonchev–Trinajstić information content (AvgIpc) is 3.11. The Morgan fingerprint density at radius 3 is 2.69 bits per heavy atom. The molecule has 0 unspecified atom stereocenters. The summed E-state index contributed by atoms with van der Waals surface area (Å²) in [5.41, 5.74) is 3.08. The third-order valence-electron chi connectivity index (χ3n) is 6.26. The lowest BCUT2D eigenvalue weighted by molar-refractivity contribution is -0.133. The Hall–Kier alpha value is -3.03. The van der Waals surface area contributed by atoms with Gasteiger partial charge in [0.2, 0.25) is 5.91 Å². The summed E-state index contributed by atoms with van der Waals surface area (Å²) in [4.78, 5) is 31.1. The minimum Gasteiger partial charge on any atom is -0.482 e. The summed E-state index contributed by atoms with van der Waals surface area (Å²) in [6.45, 7) is 3.68. The van der Waals surface area contributed by atoms with E-state index in [0.717, 1.165) is 19.6 Å². The van der Waals surface area contributed by atoms with Gasteiger partial charge in [0, 0.05) is 61.9 Å². The molecule has 2 aliphatic rings. The fourth-order valence-corrected chi connectivity index (χ4v) is 4.70. The van der Waals surface area contributed by atoms with E-state index in [-0.39, 0.29) is 25.0 Å². The minimum atomic E-state index is -0.234. The fraction of sp³-hybridized carbons (Fsp3) is 0.333.